The van der Waals surface area contributed by atoms with Gasteiger partial charge in [-0.2, -0.15) is 0 Å². The van der Waals surface area contributed by atoms with Gasteiger partial charge >= 0.3 is 6.03 Å². The van der Waals surface area contributed by atoms with Crippen LogP contribution in [-0.4, -0.2) is 83.2 Å². The number of nitrogens with one attached hydrogen (secondary N) is 1. The molecule has 0 spiro atoms. The fourth-order valence-electron chi connectivity index (χ4n) is 3.76. The van der Waals surface area contributed by atoms with Crippen LogP contribution in [0.3, 0.4) is 0 Å². The molecule has 2 saturated heterocycles. The van der Waals surface area contributed by atoms with Gasteiger partial charge in [-0.25, -0.2) is 9.42 Å². The number of ether oxygens (including phenoxy) is 1. The van der Waals surface area contributed by atoms with Gasteiger partial charge < -0.3 is 20.1 Å². The second-order valence-electron chi connectivity index (χ2n) is 7.11. The number of piperidine rings is 1. The number of carbonyl (C=O) groups excluding carboxylic acids is 1. The highest BCUT2D eigenvalue weighted by Crippen LogP contribution is 2.19. The molecule has 29 heavy (non-hydrogen) atoms. The number of carboxylic acid groups (broad SMARTS) is 1. The second-order valence-corrected chi connectivity index (χ2v) is 7.11. The van der Waals surface area contributed by atoms with E-state index in [2.05, 4.69) is 20.5 Å². The molecule has 1 aromatic heterocycles. The van der Waals surface area contributed by atoms with Gasteiger partial charge in [-0.1, -0.05) is 6.07 Å². The van der Waals surface area contributed by atoms with Gasteiger partial charge in [0, 0.05) is 38.8 Å². The summed E-state index contributed by atoms with van der Waals surface area (Å²) in [5, 5.41) is 17.6. The number of amides is 2. The van der Waals surface area contributed by atoms with E-state index in [0.29, 0.717) is 12.1 Å². The maximum Gasteiger partial charge on any atom is 0.317 e. The molecule has 0 aliphatic carbocycles. The summed E-state index contributed by atoms with van der Waals surface area (Å²) in [5.41, 5.74) is 2.42. The van der Waals surface area contributed by atoms with Crippen LogP contribution in [0.2, 0.25) is 0 Å². The van der Waals surface area contributed by atoms with Crippen molar-refractivity contribution < 1.29 is 24.1 Å². The number of morpholine rings is 1. The van der Waals surface area contributed by atoms with Crippen LogP contribution in [0.5, 0.6) is 0 Å². The van der Waals surface area contributed by atoms with Crippen LogP contribution >= 0.6 is 0 Å². The molecule has 2 N–H and O–H groups in total. The average Bonchev–Trinajstić information content (AvgIpc) is 3.22. The van der Waals surface area contributed by atoms with E-state index in [-0.39, 0.29) is 18.5 Å². The molecule has 2 aromatic rings. The lowest BCUT2D eigenvalue weighted by Gasteiger charge is -2.39. The summed E-state index contributed by atoms with van der Waals surface area (Å²) in [7, 11) is 0. The Kier molecular flexibility index (Phi) is 7.77. The number of nitrogens with zero attached hydrogens (tertiary/aromatic N) is 4. The molecule has 0 radical (unpaired) electrons. The first kappa shape index (κ1) is 21.0. The summed E-state index contributed by atoms with van der Waals surface area (Å²) in [6, 6.07) is 5.99. The molecule has 1 aromatic carbocycles. The predicted molar refractivity (Wildman–Crippen MR) is 104 cm³/mol. The van der Waals surface area contributed by atoms with Crippen molar-refractivity contribution in [3.63, 3.8) is 0 Å². The van der Waals surface area contributed by atoms with Crippen molar-refractivity contribution in [2.24, 2.45) is 0 Å². The topological polar surface area (TPSA) is 121 Å². The molecule has 2 aliphatic heterocycles. The van der Waals surface area contributed by atoms with Crippen LogP contribution in [0.25, 0.3) is 11.0 Å². The van der Waals surface area contributed by atoms with Crippen molar-refractivity contribution in [1.29, 1.82) is 0 Å². The Morgan fingerprint density at radius 2 is 1.97 bits per heavy atom. The molecule has 1 unspecified atom stereocenters. The maximum atomic E-state index is 12.8. The normalized spacial score (nSPS) is 20.0. The van der Waals surface area contributed by atoms with Gasteiger partial charge in [0.25, 0.3) is 6.47 Å². The van der Waals surface area contributed by atoms with Gasteiger partial charge in [-0.3, -0.25) is 9.69 Å². The molecule has 158 valence electrons. The van der Waals surface area contributed by atoms with Crippen molar-refractivity contribution in [3.8, 4) is 0 Å². The fourth-order valence-corrected chi connectivity index (χ4v) is 3.76. The summed E-state index contributed by atoms with van der Waals surface area (Å²) in [5.74, 6) is 0. The van der Waals surface area contributed by atoms with E-state index < -0.39 is 0 Å². The Morgan fingerprint density at radius 3 is 2.76 bits per heavy atom. The summed E-state index contributed by atoms with van der Waals surface area (Å²) >= 11 is 0. The Hall–Kier alpha value is -2.72. The molecule has 1 atom stereocenters. The fraction of sp³-hybridized carbons (Fsp3) is 0.579. The molecule has 2 amide bonds. The third kappa shape index (κ3) is 5.88. The summed E-state index contributed by atoms with van der Waals surface area (Å²) in [6.07, 6.45) is 3.33. The number of hydrogen-bond acceptors (Lipinski definition) is 7. The highest BCUT2D eigenvalue weighted by Gasteiger charge is 2.28. The molecule has 0 bridgehead atoms. The number of likely N-dealkylation sites (tertiary alicyclic amines) is 1. The van der Waals surface area contributed by atoms with Crippen molar-refractivity contribution in [1.82, 2.24) is 25.4 Å². The largest absolute Gasteiger partial charge is 0.483 e. The van der Waals surface area contributed by atoms with Crippen LogP contribution in [-0.2, 0) is 16.1 Å². The smallest absolute Gasteiger partial charge is 0.317 e. The number of aromatic nitrogens is 2. The number of fused-ring (bicyclic) bond motifs is 1. The van der Waals surface area contributed by atoms with Crippen molar-refractivity contribution in [2.45, 2.75) is 31.8 Å². The first-order chi connectivity index (χ1) is 14.2. The van der Waals surface area contributed by atoms with E-state index >= 15 is 0 Å². The minimum Gasteiger partial charge on any atom is -0.483 e. The quantitative estimate of drug-likeness (QED) is 0.731. The first-order valence-electron chi connectivity index (χ1n) is 9.85. The predicted octanol–water partition coefficient (Wildman–Crippen LogP) is 1.32. The maximum absolute atomic E-state index is 12.8. The Balaban J connectivity index is 0.000000755. The van der Waals surface area contributed by atoms with Gasteiger partial charge in [0.1, 0.15) is 11.0 Å². The zero-order chi connectivity index (χ0) is 20.5. The summed E-state index contributed by atoms with van der Waals surface area (Å²) in [4.78, 5) is 25.5. The van der Waals surface area contributed by atoms with Crippen LogP contribution in [0.1, 0.15) is 24.8 Å². The van der Waals surface area contributed by atoms with Crippen LogP contribution in [0.15, 0.2) is 22.8 Å². The van der Waals surface area contributed by atoms with E-state index in [4.69, 9.17) is 19.3 Å². The zero-order valence-electron chi connectivity index (χ0n) is 16.3. The van der Waals surface area contributed by atoms with Gasteiger partial charge in [-0.15, -0.1) is 0 Å². The van der Waals surface area contributed by atoms with E-state index in [9.17, 15) is 4.79 Å². The third-order valence-corrected chi connectivity index (χ3v) is 5.22. The molecule has 4 rings (SSSR count). The van der Waals surface area contributed by atoms with Crippen molar-refractivity contribution in [2.75, 3.05) is 39.4 Å². The van der Waals surface area contributed by atoms with E-state index in [1.54, 1.807) is 0 Å². The summed E-state index contributed by atoms with van der Waals surface area (Å²) < 4.78 is 10.1. The molecule has 3 heterocycles. The minimum atomic E-state index is -0.250. The van der Waals surface area contributed by atoms with Gasteiger partial charge in [0.2, 0.25) is 0 Å². The van der Waals surface area contributed by atoms with Gasteiger partial charge in [0.15, 0.2) is 0 Å². The number of benzene rings is 1. The molecule has 10 nitrogen and oxygen atoms in total. The number of carbonyl (C=O) groups is 2. The SMILES string of the molecule is O=C(NCc1ccc2nonc2c1)N1CCCCC1CN1CCOCC1.O=CO. The van der Waals surface area contributed by atoms with Crippen LogP contribution in [0.4, 0.5) is 4.79 Å². The minimum absolute atomic E-state index is 0.0151. The lowest BCUT2D eigenvalue weighted by atomic mass is 10.0. The monoisotopic (exact) mass is 405 g/mol. The molecule has 10 heteroatoms. The average molecular weight is 405 g/mol. The zero-order valence-corrected chi connectivity index (χ0v) is 16.3. The Bertz CT molecular complexity index is 792. The highest BCUT2D eigenvalue weighted by atomic mass is 16.6. The first-order valence-corrected chi connectivity index (χ1v) is 9.85. The lowest BCUT2D eigenvalue weighted by molar-refractivity contribution is -0.122. The molecule has 0 saturated carbocycles. The summed E-state index contributed by atoms with van der Waals surface area (Å²) in [6.45, 7) is 5.48. The molecular weight excluding hydrogens is 378 g/mol. The van der Waals surface area contributed by atoms with E-state index in [0.717, 1.165) is 63.3 Å². The Labute approximate surface area is 168 Å². The van der Waals surface area contributed by atoms with Crippen LogP contribution < -0.4 is 5.32 Å². The van der Waals surface area contributed by atoms with E-state index in [1.165, 1.54) is 6.42 Å². The van der Waals surface area contributed by atoms with Crippen molar-refractivity contribution >= 4 is 23.5 Å². The van der Waals surface area contributed by atoms with Gasteiger partial charge in [0.05, 0.1) is 13.2 Å². The van der Waals surface area contributed by atoms with E-state index in [1.807, 2.05) is 23.1 Å². The number of urea groups is 1. The molecule has 2 fully saturated rings. The number of rotatable bonds is 4. The van der Waals surface area contributed by atoms with Gasteiger partial charge in [-0.05, 0) is 47.3 Å². The lowest BCUT2D eigenvalue weighted by Crippen LogP contribution is -2.53. The highest BCUT2D eigenvalue weighted by molar-refractivity contribution is 5.76. The molecular formula is C19H27N5O5. The second kappa shape index (κ2) is 10.7. The van der Waals surface area contributed by atoms with Crippen molar-refractivity contribution in [3.05, 3.63) is 23.8 Å². The van der Waals surface area contributed by atoms with Crippen LogP contribution in [0, 0.1) is 0 Å². The Morgan fingerprint density at radius 1 is 1.21 bits per heavy atom. The third-order valence-electron chi connectivity index (χ3n) is 5.22. The number of hydrogen-bond donors (Lipinski definition) is 2. The molecule has 2 aliphatic rings. The standard InChI is InChI=1S/C18H25N5O3.CH2O2/c24-18(19-12-14-4-5-16-17(11-14)21-26-20-16)23-6-2-1-3-15(23)13-22-7-9-25-10-8-22;2-1-3/h4-5,11,15H,1-3,6-10,12-13H2,(H,19,24);1H,(H,2,3).